The van der Waals surface area contributed by atoms with E-state index in [0.29, 0.717) is 6.61 Å². The number of hydrogen-bond acceptors (Lipinski definition) is 2. The van der Waals surface area contributed by atoms with Crippen molar-refractivity contribution < 1.29 is 9.53 Å². The van der Waals surface area contributed by atoms with Crippen molar-refractivity contribution in [3.8, 4) is 0 Å². The highest BCUT2D eigenvalue weighted by molar-refractivity contribution is 6.25. The molecule has 3 heteroatoms. The minimum atomic E-state index is -0.613. The summed E-state index contributed by atoms with van der Waals surface area (Å²) in [6.07, 6.45) is 1.60. The van der Waals surface area contributed by atoms with Crippen LogP contribution in [0.5, 0.6) is 0 Å². The Morgan fingerprint density at radius 2 is 2.18 bits per heavy atom. The molecule has 0 atom stereocenters. The number of ether oxygens (including phenoxy) is 1. The summed E-state index contributed by atoms with van der Waals surface area (Å²) in [7, 11) is 0. The Kier molecular flexibility index (Phi) is 4.19. The highest BCUT2D eigenvalue weighted by Crippen LogP contribution is 2.19. The van der Waals surface area contributed by atoms with Crippen LogP contribution in [0.2, 0.25) is 0 Å². The topological polar surface area (TPSA) is 26.3 Å². The quantitative estimate of drug-likeness (QED) is 0.617. The predicted octanol–water partition coefficient (Wildman–Crippen LogP) is 2.33. The Balaban J connectivity index is 4.17. The predicted molar refractivity (Wildman–Crippen MR) is 45.4 cm³/mol. The van der Waals surface area contributed by atoms with E-state index in [9.17, 15) is 4.79 Å². The fourth-order valence-electron chi connectivity index (χ4n) is 0.543. The smallest absolute Gasteiger partial charge is 0.315 e. The van der Waals surface area contributed by atoms with Crippen LogP contribution < -0.4 is 0 Å². The van der Waals surface area contributed by atoms with Crippen LogP contribution in [-0.4, -0.2) is 12.6 Å². The number of esters is 1. The Labute approximate surface area is 72.2 Å². The van der Waals surface area contributed by atoms with Gasteiger partial charge in [0.05, 0.1) is 12.0 Å². The lowest BCUT2D eigenvalue weighted by molar-refractivity contribution is -0.150. The summed E-state index contributed by atoms with van der Waals surface area (Å²) in [5.41, 5.74) is 0.717. The van der Waals surface area contributed by atoms with Crippen molar-refractivity contribution in [1.82, 2.24) is 0 Å². The molecule has 2 nitrogen and oxygen atoms in total. The van der Waals surface area contributed by atoms with Gasteiger partial charge in [0, 0.05) is 5.54 Å². The molecular weight excluding hydrogens is 164 g/mol. The van der Waals surface area contributed by atoms with Crippen LogP contribution in [-0.2, 0) is 9.53 Å². The molecule has 0 aromatic heterocycles. The second kappa shape index (κ2) is 4.39. The molecule has 0 aliphatic carbocycles. The molecule has 0 saturated carbocycles. The van der Waals surface area contributed by atoms with Gasteiger partial charge in [0.2, 0.25) is 0 Å². The molecule has 0 N–H and O–H groups in total. The zero-order valence-corrected chi connectivity index (χ0v) is 7.81. The molecule has 0 fully saturated rings. The lowest BCUT2D eigenvalue weighted by Gasteiger charge is -2.16. The third-order valence-corrected chi connectivity index (χ3v) is 1.41. The van der Waals surface area contributed by atoms with Crippen molar-refractivity contribution in [2.24, 2.45) is 5.41 Å². The highest BCUT2D eigenvalue weighted by atomic mass is 35.5. The Hall–Kier alpha value is -0.500. The van der Waals surface area contributed by atoms with Gasteiger partial charge < -0.3 is 4.74 Å². The maximum absolute atomic E-state index is 11.1. The van der Waals surface area contributed by atoms with E-state index in [2.05, 4.69) is 0 Å². The van der Waals surface area contributed by atoms with E-state index in [0.717, 1.165) is 0 Å². The summed E-state index contributed by atoms with van der Waals surface area (Å²) in [5, 5.41) is 0. The van der Waals surface area contributed by atoms with Gasteiger partial charge in [-0.15, -0.1) is 0 Å². The summed E-state index contributed by atoms with van der Waals surface area (Å²) in [5.74, 6) is -0.253. The summed E-state index contributed by atoms with van der Waals surface area (Å²) in [6.45, 7) is 5.69. The van der Waals surface area contributed by atoms with E-state index in [1.165, 1.54) is 5.54 Å². The summed E-state index contributed by atoms with van der Waals surface area (Å²) >= 11 is 5.34. The van der Waals surface area contributed by atoms with E-state index in [-0.39, 0.29) is 5.97 Å². The molecule has 0 aliphatic heterocycles. The molecule has 0 aromatic rings. The van der Waals surface area contributed by atoms with Crippen molar-refractivity contribution >= 4 is 17.6 Å². The largest absolute Gasteiger partial charge is 0.465 e. The molecule has 0 bridgehead atoms. The SMILES string of the molecule is CCOC(=O)C(C)(C)/C=C\Cl. The van der Waals surface area contributed by atoms with Crippen LogP contribution in [0.15, 0.2) is 11.6 Å². The number of rotatable bonds is 3. The van der Waals surface area contributed by atoms with Gasteiger partial charge in [-0.05, 0) is 20.8 Å². The van der Waals surface area contributed by atoms with Crippen molar-refractivity contribution in [2.45, 2.75) is 20.8 Å². The van der Waals surface area contributed by atoms with Crippen LogP contribution in [0.3, 0.4) is 0 Å². The molecular formula is C8H13ClO2. The first-order chi connectivity index (χ1) is 5.04. The second-order valence-corrected chi connectivity index (χ2v) is 2.99. The van der Waals surface area contributed by atoms with Crippen LogP contribution in [0.4, 0.5) is 0 Å². The van der Waals surface area contributed by atoms with Gasteiger partial charge in [0.1, 0.15) is 0 Å². The first-order valence-corrected chi connectivity index (χ1v) is 3.93. The van der Waals surface area contributed by atoms with E-state index >= 15 is 0 Å². The number of carbonyl (C=O) groups is 1. The van der Waals surface area contributed by atoms with E-state index < -0.39 is 5.41 Å². The van der Waals surface area contributed by atoms with Gasteiger partial charge in [-0.1, -0.05) is 17.7 Å². The van der Waals surface area contributed by atoms with E-state index in [1.807, 2.05) is 0 Å². The summed E-state index contributed by atoms with van der Waals surface area (Å²) < 4.78 is 4.81. The van der Waals surface area contributed by atoms with Crippen LogP contribution in [0, 0.1) is 5.41 Å². The van der Waals surface area contributed by atoms with Crippen LogP contribution in [0.1, 0.15) is 20.8 Å². The minimum absolute atomic E-state index is 0.253. The number of halogens is 1. The molecule has 0 rings (SSSR count). The fourth-order valence-corrected chi connectivity index (χ4v) is 0.858. The van der Waals surface area contributed by atoms with Crippen LogP contribution >= 0.6 is 11.6 Å². The number of hydrogen-bond donors (Lipinski definition) is 0. The Bertz CT molecular complexity index is 161. The molecule has 0 saturated heterocycles. The lowest BCUT2D eigenvalue weighted by atomic mass is 9.94. The van der Waals surface area contributed by atoms with E-state index in [1.54, 1.807) is 26.8 Å². The second-order valence-electron chi connectivity index (χ2n) is 2.73. The Morgan fingerprint density at radius 1 is 1.64 bits per heavy atom. The highest BCUT2D eigenvalue weighted by Gasteiger charge is 2.25. The molecule has 0 heterocycles. The zero-order chi connectivity index (χ0) is 8.91. The molecule has 0 aliphatic rings. The molecule has 0 amide bonds. The first kappa shape index (κ1) is 10.5. The van der Waals surface area contributed by atoms with Crippen molar-refractivity contribution in [3.05, 3.63) is 11.6 Å². The minimum Gasteiger partial charge on any atom is -0.465 e. The normalized spacial score (nSPS) is 12.0. The van der Waals surface area contributed by atoms with Gasteiger partial charge in [-0.25, -0.2) is 0 Å². The lowest BCUT2D eigenvalue weighted by Crippen LogP contribution is -2.24. The van der Waals surface area contributed by atoms with Gasteiger partial charge in [0.25, 0.3) is 0 Å². The maximum atomic E-state index is 11.1. The molecule has 0 aromatic carbocycles. The number of carbonyl (C=O) groups excluding carboxylic acids is 1. The van der Waals surface area contributed by atoms with Gasteiger partial charge in [-0.2, -0.15) is 0 Å². The van der Waals surface area contributed by atoms with E-state index in [4.69, 9.17) is 16.3 Å². The molecule has 0 radical (unpaired) electrons. The first-order valence-electron chi connectivity index (χ1n) is 3.49. The maximum Gasteiger partial charge on any atom is 0.315 e. The molecule has 64 valence electrons. The van der Waals surface area contributed by atoms with Crippen LogP contribution in [0.25, 0.3) is 0 Å². The standard InChI is InChI=1S/C8H13ClO2/c1-4-11-7(10)8(2,3)5-6-9/h5-6H,4H2,1-3H3/b6-5-. The van der Waals surface area contributed by atoms with Crippen molar-refractivity contribution in [1.29, 1.82) is 0 Å². The average Bonchev–Trinajstić information content (AvgIpc) is 1.88. The van der Waals surface area contributed by atoms with Crippen molar-refractivity contribution in [2.75, 3.05) is 6.61 Å². The third kappa shape index (κ3) is 3.42. The monoisotopic (exact) mass is 176 g/mol. The summed E-state index contributed by atoms with van der Waals surface area (Å²) in [4.78, 5) is 11.1. The van der Waals surface area contributed by atoms with Gasteiger partial charge >= 0.3 is 5.97 Å². The fraction of sp³-hybridized carbons (Fsp3) is 0.625. The van der Waals surface area contributed by atoms with Crippen molar-refractivity contribution in [3.63, 3.8) is 0 Å². The van der Waals surface area contributed by atoms with Gasteiger partial charge in [0.15, 0.2) is 0 Å². The summed E-state index contributed by atoms with van der Waals surface area (Å²) in [6, 6.07) is 0. The third-order valence-electron chi connectivity index (χ3n) is 1.28. The molecule has 11 heavy (non-hydrogen) atoms. The van der Waals surface area contributed by atoms with Gasteiger partial charge in [-0.3, -0.25) is 4.79 Å². The molecule has 0 spiro atoms. The zero-order valence-electron chi connectivity index (χ0n) is 7.06. The molecule has 0 unspecified atom stereocenters. The Morgan fingerprint density at radius 3 is 2.55 bits per heavy atom. The average molecular weight is 177 g/mol.